The third-order valence-electron chi connectivity index (χ3n) is 5.62. The fourth-order valence-corrected chi connectivity index (χ4v) is 4.10. The summed E-state index contributed by atoms with van der Waals surface area (Å²) in [6.45, 7) is 4.76. The number of hydrogen-bond donors (Lipinski definition) is 0. The molecule has 0 bridgehead atoms. The molecule has 168 valence electrons. The van der Waals surface area contributed by atoms with Crippen molar-refractivity contribution >= 4 is 17.0 Å². The van der Waals surface area contributed by atoms with Crippen LogP contribution >= 0.6 is 0 Å². The number of ether oxygens (including phenoxy) is 1. The molecular formula is C29H30N2O2. The van der Waals surface area contributed by atoms with Crippen molar-refractivity contribution in [3.05, 3.63) is 115 Å². The Balaban J connectivity index is 1.70. The molecule has 33 heavy (non-hydrogen) atoms. The summed E-state index contributed by atoms with van der Waals surface area (Å²) in [6.07, 6.45) is 5.79. The molecule has 4 aromatic rings. The van der Waals surface area contributed by atoms with Gasteiger partial charge in [-0.1, -0.05) is 86.7 Å². The molecule has 1 aromatic heterocycles. The number of para-hydroxylation sites is 2. The van der Waals surface area contributed by atoms with Gasteiger partial charge in [0, 0.05) is 42.8 Å². The van der Waals surface area contributed by atoms with Gasteiger partial charge in [-0.3, -0.25) is 4.90 Å². The highest BCUT2D eigenvalue weighted by atomic mass is 16.6. The van der Waals surface area contributed by atoms with Gasteiger partial charge in [-0.25, -0.2) is 4.79 Å². The van der Waals surface area contributed by atoms with Crippen LogP contribution in [0.4, 0.5) is 4.79 Å². The minimum Gasteiger partial charge on any atom is -0.410 e. The Hall–Kier alpha value is -3.79. The predicted molar refractivity (Wildman–Crippen MR) is 134 cm³/mol. The van der Waals surface area contributed by atoms with Crippen LogP contribution in [0.3, 0.4) is 0 Å². The molecule has 4 heteroatoms. The fourth-order valence-electron chi connectivity index (χ4n) is 4.10. The van der Waals surface area contributed by atoms with Crippen molar-refractivity contribution in [1.82, 2.24) is 9.47 Å². The quantitative estimate of drug-likeness (QED) is 0.312. The maximum Gasteiger partial charge on any atom is 0.419 e. The van der Waals surface area contributed by atoms with E-state index in [9.17, 15) is 4.79 Å². The van der Waals surface area contributed by atoms with E-state index in [4.69, 9.17) is 4.74 Å². The second kappa shape index (κ2) is 10.2. The van der Waals surface area contributed by atoms with E-state index in [1.165, 1.54) is 22.0 Å². The second-order valence-corrected chi connectivity index (χ2v) is 8.67. The Morgan fingerprint density at radius 2 is 1.58 bits per heavy atom. The average Bonchev–Trinajstić information content (AvgIpc) is 3.16. The van der Waals surface area contributed by atoms with Gasteiger partial charge in [0.15, 0.2) is 0 Å². The van der Waals surface area contributed by atoms with Crippen LogP contribution in [0.15, 0.2) is 103 Å². The summed E-state index contributed by atoms with van der Waals surface area (Å²) in [5, 5.41) is 1.21. The lowest BCUT2D eigenvalue weighted by atomic mass is 9.91. The van der Waals surface area contributed by atoms with Crippen LogP contribution in [-0.2, 0) is 7.05 Å². The summed E-state index contributed by atoms with van der Waals surface area (Å²) in [4.78, 5) is 14.7. The van der Waals surface area contributed by atoms with E-state index in [1.54, 1.807) is 17.0 Å². The molecule has 1 atom stereocenters. The molecule has 0 aliphatic carbocycles. The molecule has 3 aromatic carbocycles. The second-order valence-electron chi connectivity index (χ2n) is 8.67. The topological polar surface area (TPSA) is 34.5 Å². The van der Waals surface area contributed by atoms with Crippen LogP contribution in [0, 0.1) is 5.92 Å². The number of amides is 1. The van der Waals surface area contributed by atoms with Crippen molar-refractivity contribution in [3.63, 3.8) is 0 Å². The van der Waals surface area contributed by atoms with Gasteiger partial charge in [-0.05, 0) is 35.2 Å². The normalized spacial score (nSPS) is 12.4. The van der Waals surface area contributed by atoms with Crippen molar-refractivity contribution in [3.8, 4) is 5.75 Å². The number of hydrogen-bond acceptors (Lipinski definition) is 2. The zero-order chi connectivity index (χ0) is 23.2. The number of benzene rings is 3. The molecule has 0 aliphatic heterocycles. The highest BCUT2D eigenvalue weighted by Gasteiger charge is 2.19. The Morgan fingerprint density at radius 3 is 2.27 bits per heavy atom. The minimum absolute atomic E-state index is 0.00325. The molecule has 0 radical (unpaired) electrons. The first-order chi connectivity index (χ1) is 16.0. The number of nitrogens with zero attached hydrogens (tertiary/aromatic N) is 2. The molecule has 4 nitrogen and oxygen atoms in total. The number of aryl methyl sites for hydroxylation is 1. The molecule has 1 amide bonds. The van der Waals surface area contributed by atoms with Gasteiger partial charge in [0.2, 0.25) is 0 Å². The number of carbonyl (C=O) groups is 1. The Kier molecular flexibility index (Phi) is 6.94. The summed E-state index contributed by atoms with van der Waals surface area (Å²) in [6, 6.07) is 28.0. The Morgan fingerprint density at radius 1 is 0.939 bits per heavy atom. The lowest BCUT2D eigenvalue weighted by Crippen LogP contribution is -2.32. The molecule has 4 rings (SSSR count). The van der Waals surface area contributed by atoms with E-state index in [-0.39, 0.29) is 12.0 Å². The smallest absolute Gasteiger partial charge is 0.410 e. The highest BCUT2D eigenvalue weighted by molar-refractivity contribution is 5.85. The van der Waals surface area contributed by atoms with Crippen molar-refractivity contribution in [1.29, 1.82) is 0 Å². The summed E-state index contributed by atoms with van der Waals surface area (Å²) in [7, 11) is 2.07. The number of allylic oxidation sites excluding steroid dienone is 1. The molecular weight excluding hydrogens is 408 g/mol. The first kappa shape index (κ1) is 22.4. The maximum atomic E-state index is 13.0. The molecule has 0 saturated carbocycles. The van der Waals surface area contributed by atoms with E-state index >= 15 is 0 Å². The number of aromatic nitrogens is 1. The van der Waals surface area contributed by atoms with Crippen molar-refractivity contribution in [2.45, 2.75) is 19.8 Å². The van der Waals surface area contributed by atoms with E-state index in [1.807, 2.05) is 30.5 Å². The zero-order valence-corrected chi connectivity index (χ0v) is 19.4. The van der Waals surface area contributed by atoms with Crippen LogP contribution in [-0.4, -0.2) is 22.1 Å². The minimum atomic E-state index is -0.379. The standard InChI is InChI=1S/C29H30N2O2/c1-22(2)20-31(29(32)33-24-14-8-5-9-15-24)19-18-25(23-12-6-4-7-13-23)27-21-30(3)28-17-11-10-16-26(27)28/h4-19,21-22,25H,20H2,1-3H3/b19-18+. The number of fused-ring (bicyclic) bond motifs is 1. The van der Waals surface area contributed by atoms with Gasteiger partial charge in [0.25, 0.3) is 0 Å². The van der Waals surface area contributed by atoms with E-state index in [2.05, 4.69) is 86.3 Å². The molecule has 0 fully saturated rings. The van der Waals surface area contributed by atoms with Gasteiger partial charge in [-0.15, -0.1) is 0 Å². The Bertz CT molecular complexity index is 1230. The molecule has 1 unspecified atom stereocenters. The molecule has 0 aliphatic rings. The molecule has 0 N–H and O–H groups in total. The van der Waals surface area contributed by atoms with Crippen molar-refractivity contribution < 1.29 is 9.53 Å². The number of rotatable bonds is 7. The third-order valence-corrected chi connectivity index (χ3v) is 5.62. The lowest BCUT2D eigenvalue weighted by molar-refractivity contribution is 0.165. The Labute approximate surface area is 195 Å². The van der Waals surface area contributed by atoms with Gasteiger partial charge < -0.3 is 9.30 Å². The van der Waals surface area contributed by atoms with Crippen LogP contribution in [0.1, 0.15) is 30.9 Å². The van der Waals surface area contributed by atoms with E-state index in [0.717, 1.165) is 0 Å². The molecule has 1 heterocycles. The summed E-state index contributed by atoms with van der Waals surface area (Å²) < 4.78 is 7.78. The maximum absolute atomic E-state index is 13.0. The summed E-state index contributed by atoms with van der Waals surface area (Å²) >= 11 is 0. The first-order valence-electron chi connectivity index (χ1n) is 11.3. The first-order valence-corrected chi connectivity index (χ1v) is 11.3. The van der Waals surface area contributed by atoms with Gasteiger partial charge in [0.05, 0.1) is 0 Å². The monoisotopic (exact) mass is 438 g/mol. The molecule has 0 spiro atoms. The summed E-state index contributed by atoms with van der Waals surface area (Å²) in [5.41, 5.74) is 3.56. The van der Waals surface area contributed by atoms with Crippen LogP contribution < -0.4 is 4.74 Å². The largest absolute Gasteiger partial charge is 0.419 e. The average molecular weight is 439 g/mol. The number of carbonyl (C=O) groups excluding carboxylic acids is 1. The van der Waals surface area contributed by atoms with E-state index < -0.39 is 0 Å². The fraction of sp³-hybridized carbons (Fsp3) is 0.207. The lowest BCUT2D eigenvalue weighted by Gasteiger charge is -2.21. The zero-order valence-electron chi connectivity index (χ0n) is 19.4. The van der Waals surface area contributed by atoms with Crippen LogP contribution in [0.25, 0.3) is 10.9 Å². The van der Waals surface area contributed by atoms with Crippen LogP contribution in [0.2, 0.25) is 0 Å². The van der Waals surface area contributed by atoms with Gasteiger partial charge in [0.1, 0.15) is 5.75 Å². The SMILES string of the molecule is CC(C)CN(/C=C/C(c1ccccc1)c1cn(C)c2ccccc12)C(=O)Oc1ccccc1. The third kappa shape index (κ3) is 5.35. The van der Waals surface area contributed by atoms with E-state index in [0.29, 0.717) is 18.2 Å². The van der Waals surface area contributed by atoms with Crippen molar-refractivity contribution in [2.24, 2.45) is 13.0 Å². The summed E-state index contributed by atoms with van der Waals surface area (Å²) in [5.74, 6) is 0.834. The molecule has 0 saturated heterocycles. The highest BCUT2D eigenvalue weighted by Crippen LogP contribution is 2.33. The van der Waals surface area contributed by atoms with Gasteiger partial charge >= 0.3 is 6.09 Å². The van der Waals surface area contributed by atoms with Crippen molar-refractivity contribution in [2.75, 3.05) is 6.54 Å². The predicted octanol–water partition coefficient (Wildman–Crippen LogP) is 6.98. The van der Waals surface area contributed by atoms with Gasteiger partial charge in [-0.2, -0.15) is 0 Å². The van der Waals surface area contributed by atoms with Crippen LogP contribution in [0.5, 0.6) is 5.75 Å².